The average Bonchev–Trinajstić information content (AvgIpc) is 2.87. The van der Waals surface area contributed by atoms with Gasteiger partial charge in [0.05, 0.1) is 24.6 Å². The zero-order chi connectivity index (χ0) is 14.5. The summed E-state index contributed by atoms with van der Waals surface area (Å²) in [6.45, 7) is 4.04. The molecule has 0 aromatic carbocycles. The Balaban J connectivity index is 2.40. The van der Waals surface area contributed by atoms with Gasteiger partial charge in [-0.3, -0.25) is 0 Å². The minimum atomic E-state index is 0.174. The standard InChI is InChI=1S/C13H20N4O2S/c1-9(8-19-3)17(5-6-18-2)11-10-4-7-20-12(10)16-13(14)15-11/h4,7,9H,5-6,8H2,1-3H3,(H2,14,15,16). The quantitative estimate of drug-likeness (QED) is 0.839. The monoisotopic (exact) mass is 296 g/mol. The van der Waals surface area contributed by atoms with E-state index < -0.39 is 0 Å². The Morgan fingerprint density at radius 1 is 1.35 bits per heavy atom. The van der Waals surface area contributed by atoms with Crippen LogP contribution in [0.5, 0.6) is 0 Å². The summed E-state index contributed by atoms with van der Waals surface area (Å²) in [5, 5.41) is 3.01. The third-order valence-corrected chi connectivity index (χ3v) is 3.88. The number of fused-ring (bicyclic) bond motifs is 1. The molecule has 2 rings (SSSR count). The van der Waals surface area contributed by atoms with E-state index in [1.807, 2.05) is 11.4 Å². The average molecular weight is 296 g/mol. The van der Waals surface area contributed by atoms with Crippen molar-refractivity contribution in [1.82, 2.24) is 9.97 Å². The maximum Gasteiger partial charge on any atom is 0.223 e. The third-order valence-electron chi connectivity index (χ3n) is 3.07. The van der Waals surface area contributed by atoms with Crippen molar-refractivity contribution in [3.05, 3.63) is 11.4 Å². The first-order chi connectivity index (χ1) is 9.67. The van der Waals surface area contributed by atoms with Crippen LogP contribution >= 0.6 is 11.3 Å². The Hall–Kier alpha value is -1.44. The number of thiophene rings is 1. The Kier molecular flexibility index (Phi) is 5.11. The number of nitrogens with zero attached hydrogens (tertiary/aromatic N) is 3. The summed E-state index contributed by atoms with van der Waals surface area (Å²) in [5.41, 5.74) is 5.82. The van der Waals surface area contributed by atoms with Gasteiger partial charge in [-0.2, -0.15) is 4.98 Å². The summed E-state index contributed by atoms with van der Waals surface area (Å²) in [5.74, 6) is 1.14. The molecule has 0 saturated heterocycles. The lowest BCUT2D eigenvalue weighted by Gasteiger charge is -2.30. The fourth-order valence-electron chi connectivity index (χ4n) is 2.13. The minimum absolute atomic E-state index is 0.174. The fraction of sp³-hybridized carbons (Fsp3) is 0.538. The molecule has 110 valence electrons. The molecule has 2 aromatic rings. The van der Waals surface area contributed by atoms with Crippen LogP contribution in [0.15, 0.2) is 11.4 Å². The molecule has 20 heavy (non-hydrogen) atoms. The van der Waals surface area contributed by atoms with Gasteiger partial charge in [-0.1, -0.05) is 0 Å². The van der Waals surface area contributed by atoms with Crippen molar-refractivity contribution in [1.29, 1.82) is 0 Å². The maximum absolute atomic E-state index is 5.82. The molecule has 1 atom stereocenters. The van der Waals surface area contributed by atoms with E-state index >= 15 is 0 Å². The second-order valence-corrected chi connectivity index (χ2v) is 5.43. The molecule has 2 heterocycles. The lowest BCUT2D eigenvalue weighted by atomic mass is 10.2. The van der Waals surface area contributed by atoms with Crippen LogP contribution < -0.4 is 10.6 Å². The lowest BCUT2D eigenvalue weighted by Crippen LogP contribution is -2.39. The van der Waals surface area contributed by atoms with Crippen LogP contribution in [0.3, 0.4) is 0 Å². The van der Waals surface area contributed by atoms with Crippen molar-refractivity contribution in [3.8, 4) is 0 Å². The second-order valence-electron chi connectivity index (χ2n) is 4.54. The predicted molar refractivity (Wildman–Crippen MR) is 82.4 cm³/mol. The van der Waals surface area contributed by atoms with E-state index in [1.54, 1.807) is 25.6 Å². The summed E-state index contributed by atoms with van der Waals surface area (Å²) < 4.78 is 10.4. The van der Waals surface area contributed by atoms with E-state index in [2.05, 4.69) is 21.8 Å². The van der Waals surface area contributed by atoms with Crippen LogP contribution in [-0.2, 0) is 9.47 Å². The number of aromatic nitrogens is 2. The zero-order valence-electron chi connectivity index (χ0n) is 12.0. The highest BCUT2D eigenvalue weighted by atomic mass is 32.1. The molecular weight excluding hydrogens is 276 g/mol. The molecule has 2 N–H and O–H groups in total. The summed E-state index contributed by atoms with van der Waals surface area (Å²) >= 11 is 1.56. The SMILES string of the molecule is COCCN(c1nc(N)nc2sccc12)C(C)COC. The minimum Gasteiger partial charge on any atom is -0.383 e. The van der Waals surface area contributed by atoms with Gasteiger partial charge in [0.15, 0.2) is 0 Å². The normalized spacial score (nSPS) is 12.8. The number of ether oxygens (including phenoxy) is 2. The van der Waals surface area contributed by atoms with Gasteiger partial charge in [0.25, 0.3) is 0 Å². The largest absolute Gasteiger partial charge is 0.383 e. The van der Waals surface area contributed by atoms with Crippen molar-refractivity contribution < 1.29 is 9.47 Å². The van der Waals surface area contributed by atoms with Gasteiger partial charge in [0.2, 0.25) is 5.95 Å². The first-order valence-corrected chi connectivity index (χ1v) is 7.30. The van der Waals surface area contributed by atoms with Gasteiger partial charge in [-0.05, 0) is 18.4 Å². The molecule has 0 amide bonds. The molecule has 0 saturated carbocycles. The topological polar surface area (TPSA) is 73.5 Å². The number of nitrogens with two attached hydrogens (primary N) is 1. The van der Waals surface area contributed by atoms with Gasteiger partial charge in [0, 0.05) is 20.8 Å². The van der Waals surface area contributed by atoms with Gasteiger partial charge < -0.3 is 20.1 Å². The Morgan fingerprint density at radius 2 is 2.15 bits per heavy atom. The van der Waals surface area contributed by atoms with Crippen LogP contribution in [0.1, 0.15) is 6.92 Å². The molecule has 0 radical (unpaired) electrons. The van der Waals surface area contributed by atoms with Crippen molar-refractivity contribution in [3.63, 3.8) is 0 Å². The fourth-order valence-corrected chi connectivity index (χ4v) is 2.90. The second kappa shape index (κ2) is 6.83. The number of anilines is 2. The van der Waals surface area contributed by atoms with Gasteiger partial charge in [-0.25, -0.2) is 4.98 Å². The van der Waals surface area contributed by atoms with Gasteiger partial charge in [0.1, 0.15) is 10.6 Å². The van der Waals surface area contributed by atoms with E-state index in [0.29, 0.717) is 19.2 Å². The molecule has 1 unspecified atom stereocenters. The van der Waals surface area contributed by atoms with Crippen LogP contribution in [0.4, 0.5) is 11.8 Å². The van der Waals surface area contributed by atoms with E-state index in [0.717, 1.165) is 22.6 Å². The number of nitrogen functional groups attached to an aromatic ring is 1. The molecule has 0 spiro atoms. The highest BCUT2D eigenvalue weighted by molar-refractivity contribution is 7.16. The highest BCUT2D eigenvalue weighted by Gasteiger charge is 2.19. The summed E-state index contributed by atoms with van der Waals surface area (Å²) in [6, 6.07) is 2.20. The molecule has 6 nitrogen and oxygen atoms in total. The molecule has 2 aromatic heterocycles. The summed E-state index contributed by atoms with van der Waals surface area (Å²) in [7, 11) is 3.38. The van der Waals surface area contributed by atoms with Crippen LogP contribution in [0, 0.1) is 0 Å². The predicted octanol–water partition coefficient (Wildman–Crippen LogP) is 1.76. The van der Waals surface area contributed by atoms with Gasteiger partial charge >= 0.3 is 0 Å². The van der Waals surface area contributed by atoms with E-state index in [-0.39, 0.29) is 6.04 Å². The molecule has 0 aliphatic rings. The summed E-state index contributed by atoms with van der Waals surface area (Å²) in [6.07, 6.45) is 0. The molecule has 0 fully saturated rings. The van der Waals surface area contributed by atoms with E-state index in [9.17, 15) is 0 Å². The smallest absolute Gasteiger partial charge is 0.223 e. The molecule has 0 aliphatic heterocycles. The van der Waals surface area contributed by atoms with Crippen molar-refractivity contribution in [2.75, 3.05) is 44.6 Å². The van der Waals surface area contributed by atoms with Crippen LogP contribution in [-0.4, -0.2) is 50.0 Å². The van der Waals surface area contributed by atoms with Crippen LogP contribution in [0.25, 0.3) is 10.2 Å². The maximum atomic E-state index is 5.82. The lowest BCUT2D eigenvalue weighted by molar-refractivity contribution is 0.170. The highest BCUT2D eigenvalue weighted by Crippen LogP contribution is 2.29. The Morgan fingerprint density at radius 3 is 2.85 bits per heavy atom. The zero-order valence-corrected chi connectivity index (χ0v) is 12.8. The molecule has 7 heteroatoms. The van der Waals surface area contributed by atoms with Crippen LogP contribution in [0.2, 0.25) is 0 Å². The van der Waals surface area contributed by atoms with Crippen molar-refractivity contribution in [2.24, 2.45) is 0 Å². The Bertz CT molecular complexity index is 560. The molecule has 0 bridgehead atoms. The van der Waals surface area contributed by atoms with E-state index in [4.69, 9.17) is 15.2 Å². The number of rotatable bonds is 7. The first kappa shape index (κ1) is 15.0. The number of methoxy groups -OCH3 is 2. The van der Waals surface area contributed by atoms with Crippen molar-refractivity contribution in [2.45, 2.75) is 13.0 Å². The van der Waals surface area contributed by atoms with E-state index in [1.165, 1.54) is 0 Å². The number of hydrogen-bond donors (Lipinski definition) is 1. The molecular formula is C13H20N4O2S. The Labute approximate surface area is 122 Å². The van der Waals surface area contributed by atoms with Crippen molar-refractivity contribution >= 4 is 33.3 Å². The summed E-state index contributed by atoms with van der Waals surface area (Å²) in [4.78, 5) is 11.7. The molecule has 0 aliphatic carbocycles. The van der Waals surface area contributed by atoms with Gasteiger partial charge in [-0.15, -0.1) is 11.3 Å². The number of hydrogen-bond acceptors (Lipinski definition) is 7. The first-order valence-electron chi connectivity index (χ1n) is 6.42. The third kappa shape index (κ3) is 3.17.